The highest BCUT2D eigenvalue weighted by Crippen LogP contribution is 2.49. The zero-order valence-corrected chi connectivity index (χ0v) is 14.1. The zero-order chi connectivity index (χ0) is 16.7. The smallest absolute Gasteiger partial charge is 0.0387 e. The van der Waals surface area contributed by atoms with Gasteiger partial charge in [-0.05, 0) is 52.1 Å². The Kier molecular flexibility index (Phi) is 3.31. The van der Waals surface area contributed by atoms with E-state index in [1.54, 1.807) is 0 Å². The Bertz CT molecular complexity index is 920. The molecule has 0 bridgehead atoms. The van der Waals surface area contributed by atoms with Crippen LogP contribution in [0.25, 0.3) is 17.2 Å². The normalized spacial score (nSPS) is 13.9. The van der Waals surface area contributed by atoms with Crippen molar-refractivity contribution in [3.8, 4) is 11.1 Å². The summed E-state index contributed by atoms with van der Waals surface area (Å²) in [6.07, 6.45) is 1.92. The van der Waals surface area contributed by atoms with Crippen LogP contribution >= 0.6 is 0 Å². The average Bonchev–Trinajstić information content (AvgIpc) is 2.83. The van der Waals surface area contributed by atoms with Gasteiger partial charge < -0.3 is 5.32 Å². The van der Waals surface area contributed by atoms with Crippen molar-refractivity contribution in [3.63, 3.8) is 0 Å². The quantitative estimate of drug-likeness (QED) is 0.592. The molecule has 0 fully saturated rings. The van der Waals surface area contributed by atoms with Crippen molar-refractivity contribution >= 4 is 17.5 Å². The first kappa shape index (κ1) is 14.8. The summed E-state index contributed by atoms with van der Waals surface area (Å²) in [5.41, 5.74) is 8.85. The molecule has 0 aliphatic heterocycles. The van der Waals surface area contributed by atoms with Gasteiger partial charge in [-0.25, -0.2) is 0 Å². The number of fused-ring (bicyclic) bond motifs is 3. The highest BCUT2D eigenvalue weighted by atomic mass is 14.9. The van der Waals surface area contributed by atoms with Gasteiger partial charge in [0.05, 0.1) is 0 Å². The van der Waals surface area contributed by atoms with E-state index in [-0.39, 0.29) is 5.41 Å². The Morgan fingerprint density at radius 1 is 0.792 bits per heavy atom. The summed E-state index contributed by atoms with van der Waals surface area (Å²) in [6, 6.07) is 23.6. The summed E-state index contributed by atoms with van der Waals surface area (Å²) in [6.45, 7) is 8.51. The topological polar surface area (TPSA) is 12.0 Å². The van der Waals surface area contributed by atoms with Crippen molar-refractivity contribution in [2.24, 2.45) is 0 Å². The van der Waals surface area contributed by atoms with Crippen LogP contribution in [0.15, 0.2) is 73.3 Å². The zero-order valence-electron chi connectivity index (χ0n) is 14.1. The lowest BCUT2D eigenvalue weighted by molar-refractivity contribution is 0.660. The number of rotatable bonds is 3. The monoisotopic (exact) mass is 311 g/mol. The van der Waals surface area contributed by atoms with Gasteiger partial charge in [-0.3, -0.25) is 0 Å². The molecule has 1 N–H and O–H groups in total. The van der Waals surface area contributed by atoms with Gasteiger partial charge in [0.1, 0.15) is 0 Å². The first-order chi connectivity index (χ1) is 11.6. The molecule has 1 aliphatic rings. The molecule has 118 valence electrons. The van der Waals surface area contributed by atoms with E-state index in [9.17, 15) is 0 Å². The Hall–Kier alpha value is -2.80. The summed E-state index contributed by atoms with van der Waals surface area (Å²) in [5, 5.41) is 3.50. The minimum Gasteiger partial charge on any atom is -0.356 e. The molecule has 0 heterocycles. The van der Waals surface area contributed by atoms with Gasteiger partial charge in [-0.15, -0.1) is 0 Å². The van der Waals surface area contributed by atoms with E-state index in [0.29, 0.717) is 0 Å². The van der Waals surface area contributed by atoms with Crippen molar-refractivity contribution in [2.45, 2.75) is 19.3 Å². The van der Waals surface area contributed by atoms with Crippen molar-refractivity contribution in [3.05, 3.63) is 90.0 Å². The van der Waals surface area contributed by atoms with Gasteiger partial charge in [0.15, 0.2) is 0 Å². The molecule has 3 aromatic carbocycles. The highest BCUT2D eigenvalue weighted by Gasteiger charge is 2.35. The molecular weight excluding hydrogens is 290 g/mol. The van der Waals surface area contributed by atoms with E-state index < -0.39 is 0 Å². The van der Waals surface area contributed by atoms with Crippen molar-refractivity contribution in [1.82, 2.24) is 0 Å². The first-order valence-corrected chi connectivity index (χ1v) is 8.33. The van der Waals surface area contributed by atoms with E-state index >= 15 is 0 Å². The molecule has 0 aromatic heterocycles. The fraction of sp³-hybridized carbons (Fsp3) is 0.130. The van der Waals surface area contributed by atoms with E-state index in [2.05, 4.69) is 74.3 Å². The number of benzene rings is 3. The summed E-state index contributed by atoms with van der Waals surface area (Å²) in [7, 11) is 0. The molecule has 4 rings (SSSR count). The SMILES string of the molecule is C=Cc1ccc2c(c1)C(C)(C)c1cc(Nc3ccccc3)ccc1-2. The van der Waals surface area contributed by atoms with E-state index in [0.717, 1.165) is 11.4 Å². The predicted molar refractivity (Wildman–Crippen MR) is 104 cm³/mol. The molecule has 1 nitrogen and oxygen atoms in total. The van der Waals surface area contributed by atoms with Gasteiger partial charge in [0, 0.05) is 16.8 Å². The Morgan fingerprint density at radius 2 is 1.46 bits per heavy atom. The Morgan fingerprint density at radius 3 is 2.17 bits per heavy atom. The summed E-state index contributed by atoms with van der Waals surface area (Å²) in [5.74, 6) is 0. The van der Waals surface area contributed by atoms with Crippen LogP contribution in [0, 0.1) is 0 Å². The molecule has 0 unspecified atom stereocenters. The Labute approximate surface area is 143 Å². The van der Waals surface area contributed by atoms with Gasteiger partial charge in [0.25, 0.3) is 0 Å². The van der Waals surface area contributed by atoms with Crippen LogP contribution in [0.4, 0.5) is 11.4 Å². The van der Waals surface area contributed by atoms with Crippen LogP contribution in [0.5, 0.6) is 0 Å². The molecule has 0 spiro atoms. The fourth-order valence-electron chi connectivity index (χ4n) is 3.65. The second kappa shape index (κ2) is 5.38. The molecule has 0 atom stereocenters. The predicted octanol–water partition coefficient (Wildman–Crippen LogP) is 6.38. The second-order valence-corrected chi connectivity index (χ2v) is 6.89. The third-order valence-electron chi connectivity index (χ3n) is 5.00. The lowest BCUT2D eigenvalue weighted by atomic mass is 9.82. The summed E-state index contributed by atoms with van der Waals surface area (Å²) in [4.78, 5) is 0. The van der Waals surface area contributed by atoms with Gasteiger partial charge in [0.2, 0.25) is 0 Å². The number of hydrogen-bond donors (Lipinski definition) is 1. The van der Waals surface area contributed by atoms with Crippen LogP contribution < -0.4 is 5.32 Å². The van der Waals surface area contributed by atoms with Crippen LogP contribution in [0.3, 0.4) is 0 Å². The number of para-hydroxylation sites is 1. The molecular formula is C23H21N. The summed E-state index contributed by atoms with van der Waals surface area (Å²) < 4.78 is 0. The molecule has 1 heteroatoms. The molecule has 1 aliphatic carbocycles. The van der Waals surface area contributed by atoms with Crippen LogP contribution in [0.1, 0.15) is 30.5 Å². The van der Waals surface area contributed by atoms with Crippen molar-refractivity contribution < 1.29 is 0 Å². The molecule has 0 radical (unpaired) electrons. The third-order valence-corrected chi connectivity index (χ3v) is 5.00. The van der Waals surface area contributed by atoms with Crippen LogP contribution in [-0.2, 0) is 5.41 Å². The lowest BCUT2D eigenvalue weighted by Gasteiger charge is -2.22. The molecule has 0 amide bonds. The summed E-state index contributed by atoms with van der Waals surface area (Å²) >= 11 is 0. The van der Waals surface area contributed by atoms with E-state index in [4.69, 9.17) is 0 Å². The average molecular weight is 311 g/mol. The van der Waals surface area contributed by atoms with Gasteiger partial charge in [-0.1, -0.05) is 69.0 Å². The lowest BCUT2D eigenvalue weighted by Crippen LogP contribution is -2.15. The maximum atomic E-state index is 3.90. The standard InChI is InChI=1S/C23H21N/c1-4-16-10-12-19-20-13-11-18(24-17-8-6-5-7-9-17)15-22(20)23(2,3)21(19)14-16/h4-15,24H,1H2,2-3H3. The minimum absolute atomic E-state index is 0.00192. The largest absolute Gasteiger partial charge is 0.356 e. The second-order valence-electron chi connectivity index (χ2n) is 6.89. The Balaban J connectivity index is 1.79. The number of anilines is 2. The van der Waals surface area contributed by atoms with Crippen LogP contribution in [-0.4, -0.2) is 0 Å². The fourth-order valence-corrected chi connectivity index (χ4v) is 3.65. The van der Waals surface area contributed by atoms with Crippen LogP contribution in [0.2, 0.25) is 0 Å². The van der Waals surface area contributed by atoms with Gasteiger partial charge >= 0.3 is 0 Å². The molecule has 3 aromatic rings. The van der Waals surface area contributed by atoms with E-state index in [1.807, 2.05) is 24.3 Å². The molecule has 0 saturated carbocycles. The van der Waals surface area contributed by atoms with Gasteiger partial charge in [-0.2, -0.15) is 0 Å². The maximum Gasteiger partial charge on any atom is 0.0387 e. The molecule has 0 saturated heterocycles. The third kappa shape index (κ3) is 2.25. The van der Waals surface area contributed by atoms with Crippen molar-refractivity contribution in [2.75, 3.05) is 5.32 Å². The highest BCUT2D eigenvalue weighted by molar-refractivity contribution is 5.83. The number of hydrogen-bond acceptors (Lipinski definition) is 1. The van der Waals surface area contributed by atoms with E-state index in [1.165, 1.54) is 27.8 Å². The first-order valence-electron chi connectivity index (χ1n) is 8.33. The number of nitrogens with one attached hydrogen (secondary N) is 1. The molecule has 24 heavy (non-hydrogen) atoms. The minimum atomic E-state index is -0.00192. The van der Waals surface area contributed by atoms with Crippen molar-refractivity contribution in [1.29, 1.82) is 0 Å². The maximum absolute atomic E-state index is 3.90.